The highest BCUT2D eigenvalue weighted by Crippen LogP contribution is 2.26. The van der Waals surface area contributed by atoms with Crippen LogP contribution < -0.4 is 5.32 Å². The highest BCUT2D eigenvalue weighted by atomic mass is 79.9. The Morgan fingerprint density at radius 2 is 2.06 bits per heavy atom. The molecule has 1 heterocycles. The van der Waals surface area contributed by atoms with Crippen LogP contribution in [-0.4, -0.2) is 11.0 Å². The predicted molar refractivity (Wildman–Crippen MR) is 72.9 cm³/mol. The number of thiazole rings is 1. The molecule has 90 valence electrons. The molecule has 0 aliphatic heterocycles. The average molecular weight is 303 g/mol. The van der Waals surface area contributed by atoms with Gasteiger partial charge >= 0.3 is 0 Å². The SMILES string of the molecule is CC(NC1CCCCCC1)c1ncc(Br)s1. The van der Waals surface area contributed by atoms with Gasteiger partial charge in [-0.1, -0.05) is 25.7 Å². The molecule has 1 aromatic rings. The Hall–Kier alpha value is 0.0700. The second-order valence-electron chi connectivity index (χ2n) is 4.58. The van der Waals surface area contributed by atoms with Crippen molar-refractivity contribution >= 4 is 27.3 Å². The first-order valence-electron chi connectivity index (χ1n) is 6.13. The van der Waals surface area contributed by atoms with Crippen LogP contribution >= 0.6 is 27.3 Å². The maximum atomic E-state index is 4.41. The smallest absolute Gasteiger partial charge is 0.110 e. The number of hydrogen-bond donors (Lipinski definition) is 1. The highest BCUT2D eigenvalue weighted by Gasteiger charge is 2.17. The monoisotopic (exact) mass is 302 g/mol. The van der Waals surface area contributed by atoms with Gasteiger partial charge in [-0.2, -0.15) is 0 Å². The molecule has 1 atom stereocenters. The van der Waals surface area contributed by atoms with Crippen LogP contribution in [0.2, 0.25) is 0 Å². The van der Waals surface area contributed by atoms with Crippen molar-refractivity contribution in [3.05, 3.63) is 15.0 Å². The molecule has 1 fully saturated rings. The summed E-state index contributed by atoms with van der Waals surface area (Å²) < 4.78 is 1.12. The van der Waals surface area contributed by atoms with E-state index in [9.17, 15) is 0 Å². The molecule has 1 aliphatic rings. The molecule has 2 rings (SSSR count). The van der Waals surface area contributed by atoms with Crippen molar-refractivity contribution in [1.82, 2.24) is 10.3 Å². The molecule has 1 N–H and O–H groups in total. The van der Waals surface area contributed by atoms with Crippen LogP contribution in [0, 0.1) is 0 Å². The van der Waals surface area contributed by atoms with Crippen LogP contribution in [0.4, 0.5) is 0 Å². The second kappa shape index (κ2) is 6.12. The van der Waals surface area contributed by atoms with Gasteiger partial charge in [-0.05, 0) is 35.7 Å². The summed E-state index contributed by atoms with van der Waals surface area (Å²) in [6.07, 6.45) is 10.1. The summed E-state index contributed by atoms with van der Waals surface area (Å²) in [5, 5.41) is 4.91. The molecule has 16 heavy (non-hydrogen) atoms. The van der Waals surface area contributed by atoms with Gasteiger partial charge in [0.2, 0.25) is 0 Å². The standard InChI is InChI=1S/C12H19BrN2S/c1-9(12-14-8-11(13)16-12)15-10-6-4-2-3-5-7-10/h8-10,15H,2-7H2,1H3. The van der Waals surface area contributed by atoms with Crippen LogP contribution in [0.3, 0.4) is 0 Å². The van der Waals surface area contributed by atoms with Crippen molar-refractivity contribution in [3.63, 3.8) is 0 Å². The maximum Gasteiger partial charge on any atom is 0.110 e. The fraction of sp³-hybridized carbons (Fsp3) is 0.750. The molecule has 0 saturated heterocycles. The Bertz CT molecular complexity index is 319. The number of hydrogen-bond acceptors (Lipinski definition) is 3. The van der Waals surface area contributed by atoms with Gasteiger partial charge in [0, 0.05) is 6.04 Å². The molecule has 0 aromatic carbocycles. The number of halogens is 1. The van der Waals surface area contributed by atoms with Crippen LogP contribution in [-0.2, 0) is 0 Å². The molecular weight excluding hydrogens is 284 g/mol. The van der Waals surface area contributed by atoms with E-state index in [0.717, 1.165) is 3.79 Å². The van der Waals surface area contributed by atoms with Gasteiger partial charge in [0.15, 0.2) is 0 Å². The minimum absolute atomic E-state index is 0.388. The normalized spacial score (nSPS) is 20.6. The molecule has 0 amide bonds. The second-order valence-corrected chi connectivity index (χ2v) is 7.02. The average Bonchev–Trinajstić information content (AvgIpc) is 2.54. The fourth-order valence-corrected chi connectivity index (χ4v) is 3.59. The van der Waals surface area contributed by atoms with E-state index in [1.165, 1.54) is 43.5 Å². The summed E-state index contributed by atoms with van der Waals surface area (Å²) in [6, 6.07) is 1.08. The third kappa shape index (κ3) is 3.54. The predicted octanol–water partition coefficient (Wildman–Crippen LogP) is 4.28. The fourth-order valence-electron chi connectivity index (χ4n) is 2.34. The van der Waals surface area contributed by atoms with Crippen molar-refractivity contribution in [2.24, 2.45) is 0 Å². The molecule has 1 saturated carbocycles. The van der Waals surface area contributed by atoms with Gasteiger partial charge < -0.3 is 5.32 Å². The lowest BCUT2D eigenvalue weighted by molar-refractivity contribution is 0.413. The van der Waals surface area contributed by atoms with E-state index in [4.69, 9.17) is 0 Å². The van der Waals surface area contributed by atoms with Crippen LogP contribution in [0.15, 0.2) is 9.98 Å². The minimum atomic E-state index is 0.388. The van der Waals surface area contributed by atoms with Gasteiger partial charge in [0.25, 0.3) is 0 Å². The third-order valence-corrected chi connectivity index (χ3v) is 4.87. The Morgan fingerprint density at radius 3 is 2.62 bits per heavy atom. The highest BCUT2D eigenvalue weighted by molar-refractivity contribution is 9.11. The Kier molecular flexibility index (Phi) is 4.79. The van der Waals surface area contributed by atoms with Crippen molar-refractivity contribution in [1.29, 1.82) is 0 Å². The van der Waals surface area contributed by atoms with Crippen molar-refractivity contribution in [2.75, 3.05) is 0 Å². The van der Waals surface area contributed by atoms with Crippen LogP contribution in [0.5, 0.6) is 0 Å². The van der Waals surface area contributed by atoms with E-state index in [0.29, 0.717) is 12.1 Å². The lowest BCUT2D eigenvalue weighted by Crippen LogP contribution is -2.30. The van der Waals surface area contributed by atoms with Gasteiger partial charge in [0.05, 0.1) is 16.0 Å². The zero-order chi connectivity index (χ0) is 11.4. The molecule has 0 radical (unpaired) electrons. The van der Waals surface area contributed by atoms with Crippen molar-refractivity contribution < 1.29 is 0 Å². The topological polar surface area (TPSA) is 24.9 Å². The summed E-state index contributed by atoms with van der Waals surface area (Å²) in [5.74, 6) is 0. The maximum absolute atomic E-state index is 4.41. The van der Waals surface area contributed by atoms with Crippen molar-refractivity contribution in [2.45, 2.75) is 57.5 Å². The minimum Gasteiger partial charge on any atom is -0.305 e. The lowest BCUT2D eigenvalue weighted by Gasteiger charge is -2.20. The zero-order valence-corrected chi connectivity index (χ0v) is 12.1. The first kappa shape index (κ1) is 12.5. The number of nitrogens with one attached hydrogen (secondary N) is 1. The number of aromatic nitrogens is 1. The summed E-state index contributed by atoms with van der Waals surface area (Å²) in [6.45, 7) is 2.22. The van der Waals surface area contributed by atoms with Gasteiger partial charge in [0.1, 0.15) is 5.01 Å². The number of rotatable bonds is 3. The van der Waals surface area contributed by atoms with Crippen LogP contribution in [0.25, 0.3) is 0 Å². The lowest BCUT2D eigenvalue weighted by atomic mass is 10.1. The Balaban J connectivity index is 1.88. The largest absolute Gasteiger partial charge is 0.305 e. The van der Waals surface area contributed by atoms with E-state index >= 15 is 0 Å². The molecule has 0 bridgehead atoms. The van der Waals surface area contributed by atoms with Gasteiger partial charge in [-0.25, -0.2) is 4.98 Å². The molecule has 2 nitrogen and oxygen atoms in total. The Morgan fingerprint density at radius 1 is 1.38 bits per heavy atom. The number of nitrogens with zero attached hydrogens (tertiary/aromatic N) is 1. The molecular formula is C12H19BrN2S. The Labute approximate surface area is 110 Å². The van der Waals surface area contributed by atoms with Gasteiger partial charge in [-0.3, -0.25) is 0 Å². The van der Waals surface area contributed by atoms with E-state index < -0.39 is 0 Å². The quantitative estimate of drug-likeness (QED) is 0.843. The van der Waals surface area contributed by atoms with Crippen molar-refractivity contribution in [3.8, 4) is 0 Å². The summed E-state index contributed by atoms with van der Waals surface area (Å²) >= 11 is 5.20. The first-order valence-corrected chi connectivity index (χ1v) is 7.74. The zero-order valence-electron chi connectivity index (χ0n) is 9.71. The summed E-state index contributed by atoms with van der Waals surface area (Å²) in [7, 11) is 0. The van der Waals surface area contributed by atoms with Gasteiger partial charge in [-0.15, -0.1) is 11.3 Å². The third-order valence-electron chi connectivity index (χ3n) is 3.21. The summed E-state index contributed by atoms with van der Waals surface area (Å²) in [4.78, 5) is 4.41. The summed E-state index contributed by atoms with van der Waals surface area (Å²) in [5.41, 5.74) is 0. The van der Waals surface area contributed by atoms with Crippen LogP contribution in [0.1, 0.15) is 56.5 Å². The molecule has 1 aromatic heterocycles. The van der Waals surface area contributed by atoms with E-state index in [-0.39, 0.29) is 0 Å². The van der Waals surface area contributed by atoms with E-state index in [2.05, 4.69) is 33.2 Å². The molecule has 4 heteroatoms. The molecule has 1 aliphatic carbocycles. The first-order chi connectivity index (χ1) is 7.75. The van der Waals surface area contributed by atoms with E-state index in [1.807, 2.05) is 6.20 Å². The van der Waals surface area contributed by atoms with E-state index in [1.54, 1.807) is 11.3 Å². The molecule has 1 unspecified atom stereocenters. The molecule has 0 spiro atoms.